The van der Waals surface area contributed by atoms with Crippen LogP contribution in [0, 0.1) is 5.41 Å². The van der Waals surface area contributed by atoms with E-state index >= 15 is 0 Å². The molecule has 0 radical (unpaired) electrons. The second-order valence-corrected chi connectivity index (χ2v) is 6.25. The number of carbonyl (C=O) groups is 1. The fourth-order valence-electron chi connectivity index (χ4n) is 3.03. The number of carbonyl (C=O) groups excluding carboxylic acids is 1. The number of hydrogen-bond acceptors (Lipinski definition) is 1. The first kappa shape index (κ1) is 12.9. The standard InChI is InChI=1S/C18H19NO/c1-12-8-9-14(18(2,3)11-12)17(20)16-10-13-6-4-5-7-15(13)19-16/h4-10,19H,11H2,1-3H3. The first-order chi connectivity index (χ1) is 9.47. The van der Waals surface area contributed by atoms with Gasteiger partial charge in [0.2, 0.25) is 5.78 Å². The van der Waals surface area contributed by atoms with Gasteiger partial charge in [-0.15, -0.1) is 0 Å². The number of hydrogen-bond donors (Lipinski definition) is 1. The van der Waals surface area contributed by atoms with Crippen molar-refractivity contribution >= 4 is 16.7 Å². The zero-order chi connectivity index (χ0) is 14.3. The molecule has 3 rings (SSSR count). The Hall–Kier alpha value is -2.09. The van der Waals surface area contributed by atoms with Gasteiger partial charge in [-0.25, -0.2) is 0 Å². The summed E-state index contributed by atoms with van der Waals surface area (Å²) in [5.41, 5.74) is 3.79. The summed E-state index contributed by atoms with van der Waals surface area (Å²) in [6.07, 6.45) is 4.97. The van der Waals surface area contributed by atoms with Gasteiger partial charge in [-0.05, 0) is 30.9 Å². The number of aromatic nitrogens is 1. The topological polar surface area (TPSA) is 32.9 Å². The maximum atomic E-state index is 12.8. The van der Waals surface area contributed by atoms with Crippen LogP contribution < -0.4 is 0 Å². The van der Waals surface area contributed by atoms with Crippen molar-refractivity contribution in [1.29, 1.82) is 0 Å². The Kier molecular flexibility index (Phi) is 2.89. The molecule has 0 amide bonds. The van der Waals surface area contributed by atoms with E-state index in [1.54, 1.807) is 0 Å². The molecule has 1 aliphatic rings. The average molecular weight is 265 g/mol. The summed E-state index contributed by atoms with van der Waals surface area (Å²) in [5.74, 6) is 0.106. The van der Waals surface area contributed by atoms with E-state index in [-0.39, 0.29) is 11.2 Å². The Labute approximate surface area is 119 Å². The summed E-state index contributed by atoms with van der Waals surface area (Å²) in [5, 5.41) is 1.08. The van der Waals surface area contributed by atoms with Crippen molar-refractivity contribution in [3.05, 3.63) is 59.3 Å². The minimum Gasteiger partial charge on any atom is -0.352 e. The van der Waals surface area contributed by atoms with Crippen molar-refractivity contribution in [3.63, 3.8) is 0 Å². The van der Waals surface area contributed by atoms with E-state index in [2.05, 4.69) is 31.8 Å². The van der Waals surface area contributed by atoms with Crippen molar-refractivity contribution in [1.82, 2.24) is 4.98 Å². The van der Waals surface area contributed by atoms with Crippen LogP contribution in [0.25, 0.3) is 10.9 Å². The maximum absolute atomic E-state index is 12.8. The molecule has 2 aromatic rings. The number of para-hydroxylation sites is 1. The number of H-pyrrole nitrogens is 1. The monoisotopic (exact) mass is 265 g/mol. The van der Waals surface area contributed by atoms with E-state index in [0.29, 0.717) is 5.69 Å². The highest BCUT2D eigenvalue weighted by atomic mass is 16.1. The predicted octanol–water partition coefficient (Wildman–Crippen LogP) is 4.65. The number of Topliss-reactive ketones (excluding diaryl/α,β-unsaturated/α-hetero) is 1. The van der Waals surface area contributed by atoms with Crippen molar-refractivity contribution in [2.24, 2.45) is 5.41 Å². The highest BCUT2D eigenvalue weighted by molar-refractivity contribution is 6.10. The molecule has 1 heterocycles. The Morgan fingerprint density at radius 1 is 1.20 bits per heavy atom. The fourth-order valence-corrected chi connectivity index (χ4v) is 3.03. The summed E-state index contributed by atoms with van der Waals surface area (Å²) in [6.45, 7) is 6.38. The summed E-state index contributed by atoms with van der Waals surface area (Å²) >= 11 is 0. The molecule has 0 fully saturated rings. The zero-order valence-electron chi connectivity index (χ0n) is 12.2. The molecule has 1 aliphatic carbocycles. The van der Waals surface area contributed by atoms with Gasteiger partial charge in [0.05, 0.1) is 5.69 Å². The average Bonchev–Trinajstić information content (AvgIpc) is 2.80. The summed E-state index contributed by atoms with van der Waals surface area (Å²) in [4.78, 5) is 16.0. The third kappa shape index (κ3) is 2.11. The molecule has 20 heavy (non-hydrogen) atoms. The van der Waals surface area contributed by atoms with Crippen LogP contribution in [-0.4, -0.2) is 10.8 Å². The molecule has 0 unspecified atom stereocenters. The number of aromatic amines is 1. The molecule has 0 aliphatic heterocycles. The number of rotatable bonds is 2. The Morgan fingerprint density at radius 3 is 2.65 bits per heavy atom. The van der Waals surface area contributed by atoms with Gasteiger partial charge in [0.15, 0.2) is 0 Å². The first-order valence-electron chi connectivity index (χ1n) is 6.98. The summed E-state index contributed by atoms with van der Waals surface area (Å²) in [6, 6.07) is 9.92. The lowest BCUT2D eigenvalue weighted by Crippen LogP contribution is -2.24. The third-order valence-electron chi connectivity index (χ3n) is 4.00. The molecular weight excluding hydrogens is 246 g/mol. The third-order valence-corrected chi connectivity index (χ3v) is 4.00. The first-order valence-corrected chi connectivity index (χ1v) is 6.98. The molecule has 0 saturated carbocycles. The minimum absolute atomic E-state index is 0.104. The van der Waals surface area contributed by atoms with Crippen molar-refractivity contribution in [2.75, 3.05) is 0 Å². The minimum atomic E-state index is -0.104. The Bertz CT molecular complexity index is 711. The molecule has 1 aromatic heterocycles. The molecule has 2 nitrogen and oxygen atoms in total. The molecule has 0 atom stereocenters. The number of fused-ring (bicyclic) bond motifs is 1. The Morgan fingerprint density at radius 2 is 1.95 bits per heavy atom. The van der Waals surface area contributed by atoms with Crippen LogP contribution in [0.15, 0.2) is 53.6 Å². The SMILES string of the molecule is CC1=CC=C(C(=O)c2cc3ccccc3[nH]2)C(C)(C)C1. The molecule has 102 valence electrons. The lowest BCUT2D eigenvalue weighted by atomic mass is 9.73. The van der Waals surface area contributed by atoms with Crippen molar-refractivity contribution < 1.29 is 4.79 Å². The fraction of sp³-hybridized carbons (Fsp3) is 0.278. The number of nitrogens with one attached hydrogen (secondary N) is 1. The van der Waals surface area contributed by atoms with Crippen LogP contribution in [-0.2, 0) is 0 Å². The highest BCUT2D eigenvalue weighted by Crippen LogP contribution is 2.38. The normalized spacial score (nSPS) is 17.8. The van der Waals surface area contributed by atoms with Crippen LogP contribution in [0.3, 0.4) is 0 Å². The predicted molar refractivity (Wildman–Crippen MR) is 82.9 cm³/mol. The van der Waals surface area contributed by atoms with Crippen LogP contribution >= 0.6 is 0 Å². The smallest absolute Gasteiger partial charge is 0.205 e. The molecule has 1 N–H and O–H groups in total. The van der Waals surface area contributed by atoms with E-state index in [1.165, 1.54) is 5.57 Å². The van der Waals surface area contributed by atoms with Crippen molar-refractivity contribution in [3.8, 4) is 0 Å². The molecule has 2 heteroatoms. The summed E-state index contributed by atoms with van der Waals surface area (Å²) < 4.78 is 0. The molecule has 0 spiro atoms. The van der Waals surface area contributed by atoms with Gasteiger partial charge in [-0.2, -0.15) is 0 Å². The summed E-state index contributed by atoms with van der Waals surface area (Å²) in [7, 11) is 0. The van der Waals surface area contributed by atoms with Gasteiger partial charge in [0.25, 0.3) is 0 Å². The highest BCUT2D eigenvalue weighted by Gasteiger charge is 2.31. The molecular formula is C18H19NO. The lowest BCUT2D eigenvalue weighted by molar-refractivity contribution is 0.100. The van der Waals surface area contributed by atoms with Crippen molar-refractivity contribution in [2.45, 2.75) is 27.2 Å². The van der Waals surface area contributed by atoms with E-state index in [0.717, 1.165) is 22.9 Å². The van der Waals surface area contributed by atoms with E-state index in [4.69, 9.17) is 0 Å². The zero-order valence-corrected chi connectivity index (χ0v) is 12.2. The number of allylic oxidation sites excluding steroid dienone is 4. The van der Waals surface area contributed by atoms with E-state index in [1.807, 2.05) is 36.4 Å². The van der Waals surface area contributed by atoms with Crippen LogP contribution in [0.5, 0.6) is 0 Å². The van der Waals surface area contributed by atoms with Gasteiger partial charge in [0, 0.05) is 16.5 Å². The quantitative estimate of drug-likeness (QED) is 0.787. The van der Waals surface area contributed by atoms with Gasteiger partial charge in [0.1, 0.15) is 0 Å². The van der Waals surface area contributed by atoms with E-state index < -0.39 is 0 Å². The number of ketones is 1. The van der Waals surface area contributed by atoms with Crippen LogP contribution in [0.1, 0.15) is 37.7 Å². The molecule has 0 saturated heterocycles. The second kappa shape index (κ2) is 4.48. The van der Waals surface area contributed by atoms with Gasteiger partial charge >= 0.3 is 0 Å². The molecule has 0 bridgehead atoms. The lowest BCUT2D eigenvalue weighted by Gasteiger charge is -2.30. The maximum Gasteiger partial charge on any atom is 0.205 e. The van der Waals surface area contributed by atoms with E-state index in [9.17, 15) is 4.79 Å². The molecule has 1 aromatic carbocycles. The Balaban J connectivity index is 2.04. The van der Waals surface area contributed by atoms with Crippen LogP contribution in [0.4, 0.5) is 0 Å². The largest absolute Gasteiger partial charge is 0.352 e. The number of benzene rings is 1. The van der Waals surface area contributed by atoms with Gasteiger partial charge in [-0.1, -0.05) is 49.8 Å². The van der Waals surface area contributed by atoms with Crippen LogP contribution in [0.2, 0.25) is 0 Å². The van der Waals surface area contributed by atoms with Gasteiger partial charge in [-0.3, -0.25) is 4.79 Å². The second-order valence-electron chi connectivity index (χ2n) is 6.25. The van der Waals surface area contributed by atoms with Gasteiger partial charge < -0.3 is 4.98 Å².